The number of aliphatic hydroxyl groups excluding tert-OH is 4. The zero-order valence-electron chi connectivity index (χ0n) is 81.4. The lowest BCUT2D eigenvalue weighted by Crippen LogP contribution is -2.52. The van der Waals surface area contributed by atoms with E-state index in [-0.39, 0.29) is 74.3 Å². The maximum Gasteiger partial charge on any atom is 0.150 e. The quantitative estimate of drug-likeness (QED) is 0.0218. The Hall–Kier alpha value is -11.1. The van der Waals surface area contributed by atoms with E-state index in [1.54, 1.807) is 92.8 Å². The summed E-state index contributed by atoms with van der Waals surface area (Å²) < 4.78 is 53.3. The topological polar surface area (TPSA) is 283 Å². The van der Waals surface area contributed by atoms with Crippen LogP contribution in [0.5, 0.6) is 23.0 Å². The fourth-order valence-corrected chi connectivity index (χ4v) is 19.3. The van der Waals surface area contributed by atoms with Gasteiger partial charge in [-0.15, -0.1) is 0 Å². The maximum absolute atomic E-state index is 15.2. The van der Waals surface area contributed by atoms with Gasteiger partial charge in [0.15, 0.2) is 0 Å². The van der Waals surface area contributed by atoms with Crippen LogP contribution in [0.4, 0.5) is 31.5 Å². The predicted octanol–water partition coefficient (Wildman–Crippen LogP) is 21.4. The van der Waals surface area contributed by atoms with Crippen LogP contribution in [0.2, 0.25) is 30.1 Å². The van der Waals surface area contributed by atoms with Crippen molar-refractivity contribution in [2.75, 3.05) is 151 Å². The molecule has 0 unspecified atom stereocenters. The molecule has 4 fully saturated rings. The number of aromatic nitrogens is 4. The molecule has 8 aromatic carbocycles. The highest BCUT2D eigenvalue weighted by Crippen LogP contribution is 2.44. The van der Waals surface area contributed by atoms with E-state index < -0.39 is 11.2 Å². The summed E-state index contributed by atoms with van der Waals surface area (Å²) in [7, 11) is 0. The lowest BCUT2D eigenvalue weighted by atomic mass is 9.97. The van der Waals surface area contributed by atoms with E-state index in [0.29, 0.717) is 196 Å². The van der Waals surface area contributed by atoms with Crippen LogP contribution in [-0.4, -0.2) is 201 Å². The number of hydrogen-bond donors (Lipinski definition) is 6. The van der Waals surface area contributed by atoms with Crippen LogP contribution in [0.3, 0.4) is 0 Å². The number of ether oxygens (including phenoxy) is 4. The second-order valence-corrected chi connectivity index (χ2v) is 39.3. The maximum atomic E-state index is 15.2. The zero-order chi connectivity index (χ0) is 102. The van der Waals surface area contributed by atoms with E-state index in [9.17, 15) is 30.6 Å². The van der Waals surface area contributed by atoms with Crippen molar-refractivity contribution in [2.24, 2.45) is 5.92 Å². The molecule has 754 valence electrons. The Morgan fingerprint density at radius 1 is 0.406 bits per heavy atom. The number of piperazine rings is 4. The van der Waals surface area contributed by atoms with Gasteiger partial charge >= 0.3 is 0 Å². The molecule has 143 heavy (non-hydrogen) atoms. The van der Waals surface area contributed by atoms with Gasteiger partial charge in [-0.05, 0) is 206 Å². The molecule has 0 aliphatic carbocycles. The third-order valence-electron chi connectivity index (χ3n) is 25.6. The second kappa shape index (κ2) is 52.6. The van der Waals surface area contributed by atoms with Gasteiger partial charge in [-0.3, -0.25) is 39.5 Å². The lowest BCUT2D eigenvalue weighted by molar-refractivity contribution is 0.00626. The summed E-state index contributed by atoms with van der Waals surface area (Å²) in [4.78, 5) is 35.2. The van der Waals surface area contributed by atoms with E-state index in [0.717, 1.165) is 90.6 Å². The highest BCUT2D eigenvalue weighted by Gasteiger charge is 2.41. The molecule has 0 spiro atoms. The van der Waals surface area contributed by atoms with Crippen LogP contribution < -0.4 is 38.5 Å². The van der Waals surface area contributed by atoms with Crippen molar-refractivity contribution in [3.8, 4) is 35.1 Å². The van der Waals surface area contributed by atoms with Crippen molar-refractivity contribution in [2.45, 2.75) is 128 Å². The molecule has 4 aliphatic rings. The first kappa shape index (κ1) is 109. The van der Waals surface area contributed by atoms with E-state index in [4.69, 9.17) is 99.1 Å². The Morgan fingerprint density at radius 3 is 1.11 bits per heavy atom. The number of anilines is 4. The molecule has 8 atom stereocenters. The number of nitrogens with zero attached hydrogens (tertiary/aromatic N) is 14. The SMILES string of the molecule is CC(C)COc1ccc(N2CCN(C[C@@](C)(O)c3ccc(CO)cn3)C[C@H]2c2ccc(Cl)cc2)c(Cl)c1.CCCOc1ccc(N2CCN(C[C@@](C)(O)c3cccc(CO)n3)C[C@H]2c2ccc(Cl)cc2)c(Cl)c1.CCCOc1ccc(N2CCN([C@@H](CO)c3ccc(C#N)cn3)C[C@H]2c2ccc(Cl)cc2)c(F)c1.CCCOc1ccc(N2CCN([C@H](CO)c3ccc(C#N)cn3)C[C@H]2c2ccc(Cl)cc2)c(F)c1. The number of halogens is 8. The smallest absolute Gasteiger partial charge is 0.150 e. The molecule has 32 heteroatoms. The fraction of sp³-hybridized carbons (Fsp3) is 0.369. The summed E-state index contributed by atoms with van der Waals surface area (Å²) in [6.45, 7) is 24.3. The van der Waals surface area contributed by atoms with Crippen molar-refractivity contribution in [3.05, 3.63) is 352 Å². The second-order valence-electron chi connectivity index (χ2n) is 36.7. The third kappa shape index (κ3) is 29.4. The molecule has 12 aromatic rings. The van der Waals surface area contributed by atoms with Gasteiger partial charge in [0.25, 0.3) is 0 Å². The van der Waals surface area contributed by atoms with Gasteiger partial charge in [-0.2, -0.15) is 10.5 Å². The molecule has 0 saturated carbocycles. The Labute approximate surface area is 867 Å². The van der Waals surface area contributed by atoms with E-state index >= 15 is 8.78 Å². The molecular weight excluding hydrogens is 1940 g/mol. The fourth-order valence-electron chi connectivity index (χ4n) is 18.2. The Kier molecular flexibility index (Phi) is 40.2. The molecular formula is C111H124Cl6F2N14O10. The summed E-state index contributed by atoms with van der Waals surface area (Å²) in [6.07, 6.45) is 7.28. The molecule has 0 radical (unpaired) electrons. The number of β-amino-alcohol motifs (C(OH)–C–C–N with tert-alkyl or cyclic N) is 2. The van der Waals surface area contributed by atoms with E-state index in [2.05, 4.69) is 92.0 Å². The van der Waals surface area contributed by atoms with Crippen LogP contribution in [-0.2, 0) is 24.4 Å². The average molecular weight is 2070 g/mol. The van der Waals surface area contributed by atoms with Crippen LogP contribution in [0.1, 0.15) is 171 Å². The molecule has 0 bridgehead atoms. The van der Waals surface area contributed by atoms with Gasteiger partial charge < -0.3 is 69.2 Å². The Morgan fingerprint density at radius 2 is 0.776 bits per heavy atom. The van der Waals surface area contributed by atoms with Crippen molar-refractivity contribution in [3.63, 3.8) is 0 Å². The lowest BCUT2D eigenvalue weighted by Gasteiger charge is -2.45. The van der Waals surface area contributed by atoms with Gasteiger partial charge in [-0.1, -0.05) is 165 Å². The Balaban J connectivity index is 0.000000160. The third-order valence-corrected chi connectivity index (χ3v) is 27.2. The number of hydrogen-bond acceptors (Lipinski definition) is 24. The van der Waals surface area contributed by atoms with Crippen LogP contribution in [0.25, 0.3) is 0 Å². The molecule has 0 amide bonds. The summed E-state index contributed by atoms with van der Waals surface area (Å²) in [6, 6.07) is 71.7. The van der Waals surface area contributed by atoms with Crippen molar-refractivity contribution in [1.82, 2.24) is 39.5 Å². The largest absolute Gasteiger partial charge is 0.494 e. The molecule has 4 aromatic heterocycles. The number of pyridine rings is 4. The van der Waals surface area contributed by atoms with Gasteiger partial charge in [0.05, 0.1) is 161 Å². The Bertz CT molecular complexity index is 5960. The van der Waals surface area contributed by atoms with Crippen molar-refractivity contribution in [1.29, 1.82) is 10.5 Å². The van der Waals surface area contributed by atoms with Crippen LogP contribution in [0.15, 0.2) is 243 Å². The average Bonchev–Trinajstić information content (AvgIpc) is 0.789. The monoisotopic (exact) mass is 2060 g/mol. The zero-order valence-corrected chi connectivity index (χ0v) is 85.9. The van der Waals surface area contributed by atoms with Gasteiger partial charge in [-0.25, -0.2) is 8.78 Å². The normalized spacial score (nSPS) is 17.7. The number of aliphatic hydroxyl groups is 6. The number of rotatable bonds is 34. The minimum Gasteiger partial charge on any atom is -0.494 e. The van der Waals surface area contributed by atoms with Crippen molar-refractivity contribution >= 4 is 92.4 Å². The summed E-state index contributed by atoms with van der Waals surface area (Å²) in [5, 5.41) is 83.9. The van der Waals surface area contributed by atoms with Gasteiger partial charge in [0, 0.05) is 155 Å². The first-order valence-corrected chi connectivity index (χ1v) is 50.5. The minimum atomic E-state index is -1.17. The molecule has 4 saturated heterocycles. The first-order chi connectivity index (χ1) is 69.0. The van der Waals surface area contributed by atoms with Gasteiger partial charge in [0.2, 0.25) is 0 Å². The summed E-state index contributed by atoms with van der Waals surface area (Å²) in [5.74, 6) is 2.32. The summed E-state index contributed by atoms with van der Waals surface area (Å²) in [5.41, 5.74) is 9.52. The van der Waals surface area contributed by atoms with Crippen LogP contribution in [0, 0.1) is 40.2 Å². The van der Waals surface area contributed by atoms with E-state index in [1.807, 2.05) is 153 Å². The highest BCUT2D eigenvalue weighted by molar-refractivity contribution is 6.34. The van der Waals surface area contributed by atoms with E-state index in [1.165, 1.54) is 24.5 Å². The summed E-state index contributed by atoms with van der Waals surface area (Å²) >= 11 is 38.2. The standard InChI is InChI=1S/C29H35Cl2N3O3.C28H33Cl2N3O3.2C27H28ClFN4O2/c1-20(2)18-37-24-9-10-26(25(31)14-24)34-13-12-33(16-27(34)22-5-7-23(30)8-6-22)19-29(3,36)28-11-4-21(17-35)15-32-28;1-3-15-36-23-11-12-25(24(30)16-23)33-14-13-32(17-26(33)20-7-9-21(29)10-8-20)19-28(2,35)27-6-4-5-22(18-34)31-27;2*1-2-13-35-22-8-10-25(23(29)14-22)33-12-11-32(17-26(33)20-4-6-21(28)7-5-20)27(18-34)24-9-3-19(15-30)16-31-24/h4-11,14-15,20,27,35-36H,12-13,16-19H2,1-3H3;4-12,16,26,34-35H,3,13-15,17-19H2,1-2H3;2*3-10,14,16,26-27,34H,2,11-13,17-18H2,1H3/t27-,29+;26-,28+;26-,27+;26-,27-/m0000/s1. The molecule has 6 N–H and O–H groups in total. The van der Waals surface area contributed by atoms with Crippen LogP contribution >= 0.6 is 69.6 Å². The van der Waals surface area contributed by atoms with Crippen molar-refractivity contribution < 1.29 is 58.4 Å². The molecule has 16 rings (SSSR count). The van der Waals surface area contributed by atoms with Gasteiger partial charge in [0.1, 0.15) is 58.0 Å². The number of benzene rings is 8. The first-order valence-electron chi connectivity index (χ1n) is 48.3. The highest BCUT2D eigenvalue weighted by atomic mass is 35.5. The molecule has 24 nitrogen and oxygen atoms in total. The molecule has 8 heterocycles. The minimum absolute atomic E-state index is 0.00321. The predicted molar refractivity (Wildman–Crippen MR) is 563 cm³/mol. The number of nitriles is 2. The molecule has 4 aliphatic heterocycles.